The predicted molar refractivity (Wildman–Crippen MR) is 69.6 cm³/mol. The lowest BCUT2D eigenvalue weighted by Crippen LogP contribution is -2.49. The minimum atomic E-state index is 0.0147. The third kappa shape index (κ3) is 1.94. The smallest absolute Gasteiger partial charge is 0.0521 e. The molecule has 0 spiro atoms. The molecule has 1 fully saturated rings. The molecule has 1 aliphatic carbocycles. The van der Waals surface area contributed by atoms with E-state index in [0.717, 1.165) is 0 Å². The van der Waals surface area contributed by atoms with Gasteiger partial charge >= 0.3 is 0 Å². The molecule has 0 heterocycles. The monoisotopic (exact) mass is 218 g/mol. The lowest BCUT2D eigenvalue weighted by Gasteiger charge is -2.37. The van der Waals surface area contributed by atoms with Crippen molar-refractivity contribution in [1.82, 2.24) is 0 Å². The molecule has 2 heteroatoms. The number of hydrogen-bond donors (Lipinski definition) is 2. The highest BCUT2D eigenvalue weighted by Crippen LogP contribution is 2.54. The molecule has 0 aliphatic heterocycles. The summed E-state index contributed by atoms with van der Waals surface area (Å²) < 4.78 is 0. The van der Waals surface area contributed by atoms with E-state index in [9.17, 15) is 0 Å². The third-order valence-electron chi connectivity index (χ3n) is 4.18. The van der Waals surface area contributed by atoms with Crippen LogP contribution < -0.4 is 11.1 Å². The van der Waals surface area contributed by atoms with Crippen molar-refractivity contribution in [3.05, 3.63) is 29.8 Å². The minimum absolute atomic E-state index is 0.0147. The highest BCUT2D eigenvalue weighted by molar-refractivity contribution is 5.48. The zero-order valence-corrected chi connectivity index (χ0v) is 10.5. The summed E-state index contributed by atoms with van der Waals surface area (Å²) in [4.78, 5) is 0. The number of benzene rings is 1. The Balaban J connectivity index is 2.19. The van der Waals surface area contributed by atoms with Gasteiger partial charge in [-0.2, -0.15) is 0 Å². The first-order chi connectivity index (χ1) is 7.49. The van der Waals surface area contributed by atoms with Crippen molar-refractivity contribution in [2.24, 2.45) is 11.1 Å². The molecule has 1 aromatic rings. The van der Waals surface area contributed by atoms with Gasteiger partial charge in [0.1, 0.15) is 0 Å². The van der Waals surface area contributed by atoms with Gasteiger partial charge in [-0.05, 0) is 49.8 Å². The fourth-order valence-electron chi connectivity index (χ4n) is 2.23. The van der Waals surface area contributed by atoms with Crippen LogP contribution in [0.3, 0.4) is 0 Å². The fourth-order valence-corrected chi connectivity index (χ4v) is 2.23. The maximum atomic E-state index is 5.96. The summed E-state index contributed by atoms with van der Waals surface area (Å²) in [7, 11) is 0. The minimum Gasteiger partial charge on any atom is -0.378 e. The van der Waals surface area contributed by atoms with E-state index < -0.39 is 0 Å². The molecule has 0 radical (unpaired) electrons. The third-order valence-corrected chi connectivity index (χ3v) is 4.18. The largest absolute Gasteiger partial charge is 0.378 e. The summed E-state index contributed by atoms with van der Waals surface area (Å²) in [6.45, 7) is 7.35. The summed E-state index contributed by atoms with van der Waals surface area (Å²) in [6, 6.07) is 8.50. The predicted octanol–water partition coefficient (Wildman–Crippen LogP) is 2.92. The molecule has 1 unspecified atom stereocenters. The average molecular weight is 218 g/mol. The van der Waals surface area contributed by atoms with Gasteiger partial charge in [0.25, 0.3) is 0 Å². The van der Waals surface area contributed by atoms with Crippen LogP contribution in [0.4, 0.5) is 5.69 Å². The second-order valence-electron chi connectivity index (χ2n) is 5.59. The molecule has 0 saturated heterocycles. The number of rotatable bonds is 4. The van der Waals surface area contributed by atoms with Gasteiger partial charge in [-0.3, -0.25) is 0 Å². The molecule has 1 aliphatic rings. The average Bonchev–Trinajstić information content (AvgIpc) is 2.98. The van der Waals surface area contributed by atoms with E-state index in [1.165, 1.54) is 24.1 Å². The van der Waals surface area contributed by atoms with Gasteiger partial charge in [-0.15, -0.1) is 0 Å². The SMILES string of the molecule is Cc1cccc(NC(C)(CN)C2(C)CC2)c1. The Hall–Kier alpha value is -1.02. The van der Waals surface area contributed by atoms with Gasteiger partial charge in [-0.1, -0.05) is 19.1 Å². The Bertz CT molecular complexity index is 382. The maximum absolute atomic E-state index is 5.96. The molecule has 16 heavy (non-hydrogen) atoms. The van der Waals surface area contributed by atoms with Crippen molar-refractivity contribution >= 4 is 5.69 Å². The molecular formula is C14H22N2. The Labute approximate surface area is 98.2 Å². The fraction of sp³-hybridized carbons (Fsp3) is 0.571. The number of hydrogen-bond acceptors (Lipinski definition) is 2. The van der Waals surface area contributed by atoms with Crippen LogP contribution in [0.5, 0.6) is 0 Å². The van der Waals surface area contributed by atoms with Crippen LogP contribution in [0.2, 0.25) is 0 Å². The van der Waals surface area contributed by atoms with Crippen molar-refractivity contribution in [3.63, 3.8) is 0 Å². The van der Waals surface area contributed by atoms with Gasteiger partial charge in [0, 0.05) is 12.2 Å². The Morgan fingerprint density at radius 2 is 2.12 bits per heavy atom. The molecule has 0 aromatic heterocycles. The van der Waals surface area contributed by atoms with Gasteiger partial charge in [0.05, 0.1) is 5.54 Å². The van der Waals surface area contributed by atoms with Gasteiger partial charge in [0.2, 0.25) is 0 Å². The topological polar surface area (TPSA) is 38.0 Å². The van der Waals surface area contributed by atoms with E-state index in [-0.39, 0.29) is 5.54 Å². The van der Waals surface area contributed by atoms with Crippen molar-refractivity contribution in [2.75, 3.05) is 11.9 Å². The summed E-state index contributed by atoms with van der Waals surface area (Å²) in [5, 5.41) is 3.62. The second kappa shape index (κ2) is 3.77. The van der Waals surface area contributed by atoms with Gasteiger partial charge in [0.15, 0.2) is 0 Å². The summed E-state index contributed by atoms with van der Waals surface area (Å²) in [5.74, 6) is 0. The molecule has 2 rings (SSSR count). The normalized spacial score (nSPS) is 21.2. The maximum Gasteiger partial charge on any atom is 0.0521 e. The van der Waals surface area contributed by atoms with Crippen LogP contribution in [0.1, 0.15) is 32.3 Å². The summed E-state index contributed by atoms with van der Waals surface area (Å²) in [5.41, 5.74) is 8.80. The van der Waals surface area contributed by atoms with E-state index in [0.29, 0.717) is 12.0 Å². The van der Waals surface area contributed by atoms with Crippen LogP contribution in [0.25, 0.3) is 0 Å². The molecule has 0 amide bonds. The molecule has 1 saturated carbocycles. The lowest BCUT2D eigenvalue weighted by atomic mass is 9.83. The summed E-state index contributed by atoms with van der Waals surface area (Å²) >= 11 is 0. The van der Waals surface area contributed by atoms with Crippen LogP contribution in [0.15, 0.2) is 24.3 Å². The second-order valence-corrected chi connectivity index (χ2v) is 5.59. The first-order valence-electron chi connectivity index (χ1n) is 6.04. The Morgan fingerprint density at radius 1 is 1.44 bits per heavy atom. The van der Waals surface area contributed by atoms with Gasteiger partial charge < -0.3 is 11.1 Å². The number of nitrogens with two attached hydrogens (primary N) is 1. The Kier molecular flexibility index (Phi) is 2.70. The van der Waals surface area contributed by atoms with E-state index in [1.54, 1.807) is 0 Å². The van der Waals surface area contributed by atoms with Crippen molar-refractivity contribution in [3.8, 4) is 0 Å². The Morgan fingerprint density at radius 3 is 2.62 bits per heavy atom. The standard InChI is InChI=1S/C14H22N2/c1-11-5-4-6-12(9-11)16-14(3,10-15)13(2)7-8-13/h4-6,9,16H,7-8,10,15H2,1-3H3. The van der Waals surface area contributed by atoms with E-state index in [4.69, 9.17) is 5.73 Å². The highest BCUT2D eigenvalue weighted by Gasteiger charge is 2.52. The van der Waals surface area contributed by atoms with Crippen LogP contribution >= 0.6 is 0 Å². The molecule has 88 valence electrons. The molecule has 0 bridgehead atoms. The quantitative estimate of drug-likeness (QED) is 0.815. The number of anilines is 1. The zero-order chi connectivity index (χ0) is 11.8. The molecule has 1 aromatic carbocycles. The van der Waals surface area contributed by atoms with Crippen LogP contribution in [-0.2, 0) is 0 Å². The molecule has 3 N–H and O–H groups in total. The molecule has 2 nitrogen and oxygen atoms in total. The first kappa shape index (κ1) is 11.5. The van der Waals surface area contributed by atoms with Crippen LogP contribution in [0, 0.1) is 12.3 Å². The summed E-state index contributed by atoms with van der Waals surface area (Å²) in [6.07, 6.45) is 2.55. The van der Waals surface area contributed by atoms with E-state index in [1.807, 2.05) is 0 Å². The van der Waals surface area contributed by atoms with Crippen LogP contribution in [-0.4, -0.2) is 12.1 Å². The van der Waals surface area contributed by atoms with E-state index >= 15 is 0 Å². The number of aryl methyl sites for hydroxylation is 1. The molecular weight excluding hydrogens is 196 g/mol. The highest BCUT2D eigenvalue weighted by atomic mass is 15.0. The van der Waals surface area contributed by atoms with E-state index in [2.05, 4.69) is 50.4 Å². The first-order valence-corrected chi connectivity index (χ1v) is 6.04. The zero-order valence-electron chi connectivity index (χ0n) is 10.5. The lowest BCUT2D eigenvalue weighted by molar-refractivity contribution is 0.333. The number of nitrogens with one attached hydrogen (secondary N) is 1. The van der Waals surface area contributed by atoms with Crippen molar-refractivity contribution < 1.29 is 0 Å². The molecule has 1 atom stereocenters. The van der Waals surface area contributed by atoms with Crippen molar-refractivity contribution in [1.29, 1.82) is 0 Å². The van der Waals surface area contributed by atoms with Crippen molar-refractivity contribution in [2.45, 2.75) is 39.2 Å². The van der Waals surface area contributed by atoms with Gasteiger partial charge in [-0.25, -0.2) is 0 Å².